The van der Waals surface area contributed by atoms with Crippen molar-refractivity contribution < 1.29 is 4.79 Å². The number of benzene rings is 1. The summed E-state index contributed by atoms with van der Waals surface area (Å²) in [6, 6.07) is 8.14. The lowest BCUT2D eigenvalue weighted by Crippen LogP contribution is -2.39. The van der Waals surface area contributed by atoms with Crippen LogP contribution in [-0.4, -0.2) is 35.2 Å². The molecule has 4 heteroatoms. The van der Waals surface area contributed by atoms with Crippen molar-refractivity contribution in [2.24, 2.45) is 5.73 Å². The zero-order chi connectivity index (χ0) is 13.8. The van der Waals surface area contributed by atoms with Gasteiger partial charge in [0.1, 0.15) is 0 Å². The number of amides is 1. The molecule has 0 spiro atoms. The van der Waals surface area contributed by atoms with Crippen LogP contribution >= 0.6 is 11.8 Å². The van der Waals surface area contributed by atoms with Crippen LogP contribution < -0.4 is 5.73 Å². The van der Waals surface area contributed by atoms with Crippen LogP contribution in [0.5, 0.6) is 0 Å². The SMILES string of the molecule is CC(C)Sc1ccc(C(=O)N2CCCC2CN)cc1. The Morgan fingerprint density at radius 3 is 2.68 bits per heavy atom. The number of nitrogens with zero attached hydrogens (tertiary/aromatic N) is 1. The summed E-state index contributed by atoms with van der Waals surface area (Å²) in [5.41, 5.74) is 6.49. The van der Waals surface area contributed by atoms with Crippen molar-refractivity contribution in [2.45, 2.75) is 42.9 Å². The molecule has 1 aromatic carbocycles. The largest absolute Gasteiger partial charge is 0.334 e. The first-order valence-corrected chi connectivity index (χ1v) is 7.77. The molecule has 1 aromatic rings. The molecule has 19 heavy (non-hydrogen) atoms. The van der Waals surface area contributed by atoms with Gasteiger partial charge in [0.05, 0.1) is 0 Å². The van der Waals surface area contributed by atoms with Crippen molar-refractivity contribution in [3.63, 3.8) is 0 Å². The summed E-state index contributed by atoms with van der Waals surface area (Å²) in [6.07, 6.45) is 2.10. The van der Waals surface area contributed by atoms with E-state index in [0.717, 1.165) is 24.9 Å². The van der Waals surface area contributed by atoms with Crippen molar-refractivity contribution in [1.29, 1.82) is 0 Å². The first kappa shape index (κ1) is 14.4. The molecule has 2 N–H and O–H groups in total. The van der Waals surface area contributed by atoms with E-state index < -0.39 is 0 Å². The second-order valence-corrected chi connectivity index (χ2v) is 6.87. The highest BCUT2D eigenvalue weighted by Crippen LogP contribution is 2.24. The minimum Gasteiger partial charge on any atom is -0.334 e. The molecule has 0 aromatic heterocycles. The average molecular weight is 278 g/mol. The third-order valence-corrected chi connectivity index (χ3v) is 4.40. The second-order valence-electron chi connectivity index (χ2n) is 5.22. The summed E-state index contributed by atoms with van der Waals surface area (Å²) in [7, 11) is 0. The molecule has 1 atom stereocenters. The van der Waals surface area contributed by atoms with E-state index in [1.54, 1.807) is 0 Å². The second kappa shape index (κ2) is 6.44. The number of rotatable bonds is 4. The van der Waals surface area contributed by atoms with E-state index >= 15 is 0 Å². The molecule has 1 aliphatic heterocycles. The maximum absolute atomic E-state index is 12.4. The number of hydrogen-bond acceptors (Lipinski definition) is 3. The van der Waals surface area contributed by atoms with Crippen LogP contribution in [0.3, 0.4) is 0 Å². The quantitative estimate of drug-likeness (QED) is 0.861. The highest BCUT2D eigenvalue weighted by Gasteiger charge is 2.28. The van der Waals surface area contributed by atoms with Gasteiger partial charge in [-0.2, -0.15) is 0 Å². The zero-order valence-corrected chi connectivity index (χ0v) is 12.5. The summed E-state index contributed by atoms with van der Waals surface area (Å²) in [5.74, 6) is 0.119. The lowest BCUT2D eigenvalue weighted by Gasteiger charge is -2.23. The number of hydrogen-bond donors (Lipinski definition) is 1. The number of carbonyl (C=O) groups excluding carboxylic acids is 1. The standard InChI is InChI=1S/C15H22N2OS/c1-11(2)19-14-7-5-12(6-8-14)15(18)17-9-3-4-13(17)10-16/h5-8,11,13H,3-4,9-10,16H2,1-2H3. The van der Waals surface area contributed by atoms with Crippen molar-refractivity contribution in [3.8, 4) is 0 Å². The molecule has 1 unspecified atom stereocenters. The van der Waals surface area contributed by atoms with Crippen LogP contribution in [0.15, 0.2) is 29.2 Å². The predicted octanol–water partition coefficient (Wildman–Crippen LogP) is 2.75. The van der Waals surface area contributed by atoms with Crippen molar-refractivity contribution in [1.82, 2.24) is 4.90 Å². The van der Waals surface area contributed by atoms with Crippen LogP contribution in [0.2, 0.25) is 0 Å². The topological polar surface area (TPSA) is 46.3 Å². The van der Waals surface area contributed by atoms with Gasteiger partial charge in [-0.15, -0.1) is 11.8 Å². The summed E-state index contributed by atoms with van der Waals surface area (Å²) >= 11 is 1.81. The number of likely N-dealkylation sites (tertiary alicyclic amines) is 1. The molecule has 0 radical (unpaired) electrons. The Kier molecular flexibility index (Phi) is 4.88. The molecule has 1 amide bonds. The summed E-state index contributed by atoms with van der Waals surface area (Å²) in [6.45, 7) is 5.73. The maximum atomic E-state index is 12.4. The van der Waals surface area contributed by atoms with Crippen molar-refractivity contribution in [3.05, 3.63) is 29.8 Å². The maximum Gasteiger partial charge on any atom is 0.254 e. The monoisotopic (exact) mass is 278 g/mol. The fraction of sp³-hybridized carbons (Fsp3) is 0.533. The number of nitrogens with two attached hydrogens (primary N) is 1. The highest BCUT2D eigenvalue weighted by molar-refractivity contribution is 7.99. The molecule has 1 aliphatic rings. The minimum absolute atomic E-state index is 0.119. The molecule has 0 aliphatic carbocycles. The summed E-state index contributed by atoms with van der Waals surface area (Å²) in [5, 5.41) is 0.557. The molecule has 0 bridgehead atoms. The Labute approximate surface area is 119 Å². The van der Waals surface area contributed by atoms with Crippen LogP contribution in [0.25, 0.3) is 0 Å². The average Bonchev–Trinajstić information content (AvgIpc) is 2.86. The van der Waals surface area contributed by atoms with Crippen molar-refractivity contribution in [2.75, 3.05) is 13.1 Å². The Hall–Kier alpha value is -1.00. The van der Waals surface area contributed by atoms with Crippen molar-refractivity contribution >= 4 is 17.7 Å². The third kappa shape index (κ3) is 3.51. The molecule has 1 heterocycles. The van der Waals surface area contributed by atoms with Gasteiger partial charge >= 0.3 is 0 Å². The predicted molar refractivity (Wildman–Crippen MR) is 80.5 cm³/mol. The third-order valence-electron chi connectivity index (χ3n) is 3.38. The van der Waals surface area contributed by atoms with Gasteiger partial charge in [0, 0.05) is 34.8 Å². The first-order chi connectivity index (χ1) is 9.11. The van der Waals surface area contributed by atoms with Crippen LogP contribution in [-0.2, 0) is 0 Å². The van der Waals surface area contributed by atoms with E-state index in [-0.39, 0.29) is 11.9 Å². The lowest BCUT2D eigenvalue weighted by atomic mass is 10.1. The zero-order valence-electron chi connectivity index (χ0n) is 11.6. The Balaban J connectivity index is 2.07. The van der Waals surface area contributed by atoms with Crippen LogP contribution in [0, 0.1) is 0 Å². The highest BCUT2D eigenvalue weighted by atomic mass is 32.2. The van der Waals surface area contributed by atoms with E-state index in [2.05, 4.69) is 13.8 Å². The van der Waals surface area contributed by atoms with Gasteiger partial charge in [0.25, 0.3) is 5.91 Å². The van der Waals surface area contributed by atoms with Gasteiger partial charge in [-0.25, -0.2) is 0 Å². The molecule has 104 valence electrons. The fourth-order valence-electron chi connectivity index (χ4n) is 2.46. The van der Waals surface area contributed by atoms with Gasteiger partial charge in [-0.1, -0.05) is 13.8 Å². The molecule has 3 nitrogen and oxygen atoms in total. The Bertz CT molecular complexity index is 430. The smallest absolute Gasteiger partial charge is 0.254 e. The minimum atomic E-state index is 0.119. The van der Waals surface area contributed by atoms with E-state index in [0.29, 0.717) is 11.8 Å². The Morgan fingerprint density at radius 1 is 1.42 bits per heavy atom. The molecule has 2 rings (SSSR count). The molecular formula is C15H22N2OS. The Morgan fingerprint density at radius 2 is 2.11 bits per heavy atom. The van der Waals surface area contributed by atoms with Gasteiger partial charge in [0.15, 0.2) is 0 Å². The van der Waals surface area contributed by atoms with E-state index in [4.69, 9.17) is 5.73 Å². The van der Waals surface area contributed by atoms with E-state index in [1.165, 1.54) is 4.90 Å². The van der Waals surface area contributed by atoms with Gasteiger partial charge in [0.2, 0.25) is 0 Å². The van der Waals surface area contributed by atoms with Crippen LogP contribution in [0.4, 0.5) is 0 Å². The number of carbonyl (C=O) groups is 1. The van der Waals surface area contributed by atoms with Crippen LogP contribution in [0.1, 0.15) is 37.0 Å². The normalized spacial score (nSPS) is 19.2. The van der Waals surface area contributed by atoms with Gasteiger partial charge < -0.3 is 10.6 Å². The van der Waals surface area contributed by atoms with E-state index in [1.807, 2.05) is 40.9 Å². The van der Waals surface area contributed by atoms with Gasteiger partial charge in [-0.05, 0) is 37.1 Å². The summed E-state index contributed by atoms with van der Waals surface area (Å²) < 4.78 is 0. The number of thioether (sulfide) groups is 1. The molecule has 1 saturated heterocycles. The fourth-order valence-corrected chi connectivity index (χ4v) is 3.30. The van der Waals surface area contributed by atoms with Gasteiger partial charge in [-0.3, -0.25) is 4.79 Å². The molecule has 1 fully saturated rings. The molecule has 0 saturated carbocycles. The molecular weight excluding hydrogens is 256 g/mol. The lowest BCUT2D eigenvalue weighted by molar-refractivity contribution is 0.0741. The summed E-state index contributed by atoms with van der Waals surface area (Å²) in [4.78, 5) is 15.5. The first-order valence-electron chi connectivity index (χ1n) is 6.89. The van der Waals surface area contributed by atoms with E-state index in [9.17, 15) is 4.79 Å².